The third-order valence-corrected chi connectivity index (χ3v) is 4.60. The number of benzene rings is 1. The Morgan fingerprint density at radius 3 is 2.96 bits per heavy atom. The number of rotatable bonds is 7. The number of amides is 1. The van der Waals surface area contributed by atoms with Crippen molar-refractivity contribution in [3.63, 3.8) is 0 Å². The number of hydrogen-bond donors (Lipinski definition) is 0. The Balaban J connectivity index is 1.58. The van der Waals surface area contributed by atoms with E-state index < -0.39 is 5.82 Å². The summed E-state index contributed by atoms with van der Waals surface area (Å²) in [6, 6.07) is 6.12. The van der Waals surface area contributed by atoms with Gasteiger partial charge >= 0.3 is 0 Å². The lowest BCUT2D eigenvalue weighted by molar-refractivity contribution is 0.0733. The van der Waals surface area contributed by atoms with Crippen molar-refractivity contribution < 1.29 is 18.3 Å². The first-order valence-electron chi connectivity index (χ1n) is 8.86. The fourth-order valence-electron chi connectivity index (χ4n) is 3.18. The molecule has 6 nitrogen and oxygen atoms in total. The molecule has 1 aromatic carbocycles. The summed E-state index contributed by atoms with van der Waals surface area (Å²) in [4.78, 5) is 20.9. The molecule has 0 unspecified atom stereocenters. The van der Waals surface area contributed by atoms with Gasteiger partial charge in [-0.25, -0.2) is 9.37 Å². The van der Waals surface area contributed by atoms with Crippen molar-refractivity contribution in [2.75, 3.05) is 33.2 Å². The Hall–Kier alpha value is -2.41. The monoisotopic (exact) mass is 361 g/mol. The Bertz CT molecular complexity index is 749. The summed E-state index contributed by atoms with van der Waals surface area (Å²) in [6.45, 7) is 5.33. The number of halogens is 1. The zero-order valence-corrected chi connectivity index (χ0v) is 15.2. The van der Waals surface area contributed by atoms with Gasteiger partial charge in [0.05, 0.1) is 0 Å². The molecule has 2 heterocycles. The van der Waals surface area contributed by atoms with Crippen LogP contribution in [-0.2, 0) is 6.61 Å². The van der Waals surface area contributed by atoms with Gasteiger partial charge in [-0.3, -0.25) is 4.79 Å². The molecule has 1 atom stereocenters. The lowest BCUT2D eigenvalue weighted by Gasteiger charge is -2.23. The number of nitrogens with zero attached hydrogens (tertiary/aromatic N) is 3. The summed E-state index contributed by atoms with van der Waals surface area (Å²) in [5.41, 5.74) is 0.255. The molecule has 0 saturated carbocycles. The van der Waals surface area contributed by atoms with Gasteiger partial charge in [0.15, 0.2) is 23.9 Å². The molecule has 1 saturated heterocycles. The second-order valence-corrected chi connectivity index (χ2v) is 6.61. The number of hydrogen-bond acceptors (Lipinski definition) is 5. The normalized spacial score (nSPS) is 17.4. The van der Waals surface area contributed by atoms with Crippen molar-refractivity contribution in [3.05, 3.63) is 47.9 Å². The lowest BCUT2D eigenvalue weighted by atomic mass is 10.1. The van der Waals surface area contributed by atoms with Crippen LogP contribution in [0.1, 0.15) is 29.7 Å². The van der Waals surface area contributed by atoms with E-state index in [1.54, 1.807) is 17.0 Å². The molecule has 140 valence electrons. The molecule has 26 heavy (non-hydrogen) atoms. The maximum absolute atomic E-state index is 13.6. The molecule has 1 aromatic heterocycles. The van der Waals surface area contributed by atoms with Crippen LogP contribution in [-0.4, -0.2) is 53.9 Å². The van der Waals surface area contributed by atoms with Gasteiger partial charge in [-0.15, -0.1) is 0 Å². The fourth-order valence-corrected chi connectivity index (χ4v) is 3.18. The van der Waals surface area contributed by atoms with Crippen LogP contribution in [0.2, 0.25) is 0 Å². The molecule has 0 spiro atoms. The van der Waals surface area contributed by atoms with Gasteiger partial charge in [0.2, 0.25) is 5.89 Å². The predicted octanol–water partition coefficient (Wildman–Crippen LogP) is 2.81. The van der Waals surface area contributed by atoms with E-state index in [2.05, 4.69) is 16.9 Å². The highest BCUT2D eigenvalue weighted by Crippen LogP contribution is 2.19. The molecule has 0 radical (unpaired) electrons. The van der Waals surface area contributed by atoms with Crippen molar-refractivity contribution >= 4 is 5.91 Å². The van der Waals surface area contributed by atoms with E-state index >= 15 is 0 Å². The lowest BCUT2D eigenvalue weighted by Crippen LogP contribution is -2.36. The maximum atomic E-state index is 13.6. The zero-order chi connectivity index (χ0) is 18.5. The van der Waals surface area contributed by atoms with Gasteiger partial charge in [0.25, 0.3) is 5.91 Å². The molecule has 7 heteroatoms. The number of ether oxygens (including phenoxy) is 1. The van der Waals surface area contributed by atoms with Gasteiger partial charge < -0.3 is 19.0 Å². The standard InChI is InChI=1S/C19H24FN3O3/c1-3-23(11-14-8-9-22(2)10-14)19(24)16-12-26-18(21-16)13-25-17-7-5-4-6-15(17)20/h4-7,12,14H,3,8-11,13H2,1-2H3/t14-/m1/s1. The second kappa shape index (κ2) is 8.31. The number of oxazole rings is 1. The highest BCUT2D eigenvalue weighted by Gasteiger charge is 2.25. The minimum Gasteiger partial charge on any atom is -0.481 e. The minimum absolute atomic E-state index is 0.0340. The Morgan fingerprint density at radius 2 is 2.27 bits per heavy atom. The number of carbonyl (C=O) groups excluding carboxylic acids is 1. The van der Waals surface area contributed by atoms with Crippen molar-refractivity contribution in [1.82, 2.24) is 14.8 Å². The van der Waals surface area contributed by atoms with E-state index in [1.807, 2.05) is 6.92 Å². The van der Waals surface area contributed by atoms with Gasteiger partial charge in [-0.2, -0.15) is 0 Å². The predicted molar refractivity (Wildman–Crippen MR) is 94.4 cm³/mol. The summed E-state index contributed by atoms with van der Waals surface area (Å²) < 4.78 is 24.2. The van der Waals surface area contributed by atoms with Crippen molar-refractivity contribution in [1.29, 1.82) is 0 Å². The largest absolute Gasteiger partial charge is 0.481 e. The summed E-state index contributed by atoms with van der Waals surface area (Å²) >= 11 is 0. The highest BCUT2D eigenvalue weighted by molar-refractivity contribution is 5.92. The first-order chi connectivity index (χ1) is 12.6. The number of likely N-dealkylation sites (tertiary alicyclic amines) is 1. The highest BCUT2D eigenvalue weighted by atomic mass is 19.1. The molecule has 3 rings (SSSR count). The number of aromatic nitrogens is 1. The van der Waals surface area contributed by atoms with Crippen LogP contribution >= 0.6 is 0 Å². The molecule has 1 aliphatic rings. The van der Waals surface area contributed by atoms with E-state index in [4.69, 9.17) is 9.15 Å². The molecule has 2 aromatic rings. The molecule has 0 N–H and O–H groups in total. The van der Waals surface area contributed by atoms with Crippen LogP contribution in [0.15, 0.2) is 34.9 Å². The molecular formula is C19H24FN3O3. The van der Waals surface area contributed by atoms with Crippen LogP contribution in [0.25, 0.3) is 0 Å². The van der Waals surface area contributed by atoms with Crippen LogP contribution in [0, 0.1) is 11.7 Å². The second-order valence-electron chi connectivity index (χ2n) is 6.61. The minimum atomic E-state index is -0.450. The molecule has 1 amide bonds. The number of carbonyl (C=O) groups is 1. The third-order valence-electron chi connectivity index (χ3n) is 4.60. The van der Waals surface area contributed by atoms with E-state index in [0.29, 0.717) is 19.0 Å². The van der Waals surface area contributed by atoms with E-state index in [0.717, 1.165) is 19.5 Å². The van der Waals surface area contributed by atoms with Crippen molar-refractivity contribution in [3.8, 4) is 5.75 Å². The molecule has 1 aliphatic heterocycles. The van der Waals surface area contributed by atoms with Crippen LogP contribution in [0.4, 0.5) is 4.39 Å². The fraction of sp³-hybridized carbons (Fsp3) is 0.474. The Labute approximate surface area is 152 Å². The van der Waals surface area contributed by atoms with Crippen LogP contribution in [0.5, 0.6) is 5.75 Å². The van der Waals surface area contributed by atoms with Crippen molar-refractivity contribution in [2.45, 2.75) is 20.0 Å². The van der Waals surface area contributed by atoms with E-state index in [1.165, 1.54) is 18.4 Å². The van der Waals surface area contributed by atoms with Gasteiger partial charge in [0, 0.05) is 19.6 Å². The average Bonchev–Trinajstić information content (AvgIpc) is 3.27. The van der Waals surface area contributed by atoms with E-state index in [9.17, 15) is 9.18 Å². The SMILES string of the molecule is CCN(C[C@@H]1CCN(C)C1)C(=O)c1coc(COc2ccccc2F)n1. The topological polar surface area (TPSA) is 58.8 Å². The molecule has 1 fully saturated rings. The Kier molecular flexibility index (Phi) is 5.88. The summed E-state index contributed by atoms with van der Waals surface area (Å²) in [5.74, 6) is 0.254. The third kappa shape index (κ3) is 4.40. The summed E-state index contributed by atoms with van der Waals surface area (Å²) in [5, 5.41) is 0. The first-order valence-corrected chi connectivity index (χ1v) is 8.86. The summed E-state index contributed by atoms with van der Waals surface area (Å²) in [7, 11) is 2.09. The number of para-hydroxylation sites is 1. The maximum Gasteiger partial charge on any atom is 0.275 e. The smallest absolute Gasteiger partial charge is 0.275 e. The molecular weight excluding hydrogens is 337 g/mol. The zero-order valence-electron chi connectivity index (χ0n) is 15.2. The van der Waals surface area contributed by atoms with E-state index in [-0.39, 0.29) is 29.8 Å². The summed E-state index contributed by atoms with van der Waals surface area (Å²) in [6.07, 6.45) is 2.44. The van der Waals surface area contributed by atoms with Crippen LogP contribution < -0.4 is 4.74 Å². The van der Waals surface area contributed by atoms with Gasteiger partial charge in [-0.05, 0) is 45.0 Å². The van der Waals surface area contributed by atoms with Gasteiger partial charge in [0.1, 0.15) is 6.26 Å². The first kappa shape index (κ1) is 18.4. The molecule has 0 aliphatic carbocycles. The molecule has 0 bridgehead atoms. The average molecular weight is 361 g/mol. The quantitative estimate of drug-likeness (QED) is 0.759. The van der Waals surface area contributed by atoms with Crippen LogP contribution in [0.3, 0.4) is 0 Å². The Morgan fingerprint density at radius 1 is 1.46 bits per heavy atom. The van der Waals surface area contributed by atoms with Gasteiger partial charge in [-0.1, -0.05) is 12.1 Å². The van der Waals surface area contributed by atoms with Crippen molar-refractivity contribution in [2.24, 2.45) is 5.92 Å².